The molecule has 1 aliphatic rings. The van der Waals surface area contributed by atoms with Gasteiger partial charge in [0.25, 0.3) is 0 Å². The van der Waals surface area contributed by atoms with Crippen molar-refractivity contribution in [1.82, 2.24) is 5.32 Å². The van der Waals surface area contributed by atoms with Crippen LogP contribution in [-0.4, -0.2) is 42.3 Å². The lowest BCUT2D eigenvalue weighted by Gasteiger charge is -2.22. The van der Waals surface area contributed by atoms with Crippen LogP contribution in [0.2, 0.25) is 0 Å². The van der Waals surface area contributed by atoms with Crippen LogP contribution >= 0.6 is 0 Å². The lowest BCUT2D eigenvalue weighted by Crippen LogP contribution is -2.47. The Morgan fingerprint density at radius 1 is 1.33 bits per heavy atom. The largest absolute Gasteiger partial charge is 0.445 e. The minimum Gasteiger partial charge on any atom is -0.445 e. The lowest BCUT2D eigenvalue weighted by atomic mass is 10.2. The Hall–Kier alpha value is -1.63. The second-order valence-corrected chi connectivity index (χ2v) is 5.40. The summed E-state index contributed by atoms with van der Waals surface area (Å²) >= 11 is 0. The van der Waals surface area contributed by atoms with E-state index in [1.807, 2.05) is 30.3 Å². The number of carbonyl (C=O) groups is 1. The summed E-state index contributed by atoms with van der Waals surface area (Å²) in [4.78, 5) is 11.8. The van der Waals surface area contributed by atoms with E-state index >= 15 is 0 Å². The number of ether oxygens (including phenoxy) is 3. The predicted molar refractivity (Wildman–Crippen MR) is 75.5 cm³/mol. The molecular formula is C15H21NO5. The molecule has 1 fully saturated rings. The molecule has 1 aliphatic heterocycles. The Morgan fingerprint density at radius 3 is 2.71 bits per heavy atom. The van der Waals surface area contributed by atoms with Crippen molar-refractivity contribution in [3.63, 3.8) is 0 Å². The van der Waals surface area contributed by atoms with Crippen LogP contribution in [0.3, 0.4) is 0 Å². The van der Waals surface area contributed by atoms with Gasteiger partial charge in [0.1, 0.15) is 6.61 Å². The Balaban J connectivity index is 1.81. The van der Waals surface area contributed by atoms with Gasteiger partial charge in [-0.2, -0.15) is 0 Å². The predicted octanol–water partition coefficient (Wildman–Crippen LogP) is 1.43. The van der Waals surface area contributed by atoms with E-state index in [2.05, 4.69) is 5.32 Å². The second kappa shape index (κ2) is 6.89. The number of benzene rings is 1. The van der Waals surface area contributed by atoms with E-state index < -0.39 is 24.0 Å². The quantitative estimate of drug-likeness (QED) is 0.882. The summed E-state index contributed by atoms with van der Waals surface area (Å²) in [5, 5.41) is 12.5. The maximum atomic E-state index is 11.8. The molecule has 0 aliphatic carbocycles. The number of hydrogen-bond acceptors (Lipinski definition) is 5. The topological polar surface area (TPSA) is 77.0 Å². The summed E-state index contributed by atoms with van der Waals surface area (Å²) in [6.07, 6.45) is -1.43. The first-order valence-corrected chi connectivity index (χ1v) is 6.89. The first-order chi connectivity index (χ1) is 9.96. The molecule has 2 atom stereocenters. The Labute approximate surface area is 124 Å². The molecule has 0 radical (unpaired) electrons. The highest BCUT2D eigenvalue weighted by molar-refractivity contribution is 5.67. The third kappa shape index (κ3) is 5.00. The highest BCUT2D eigenvalue weighted by Gasteiger charge is 2.32. The number of amides is 1. The van der Waals surface area contributed by atoms with Crippen molar-refractivity contribution in [2.75, 3.05) is 13.2 Å². The Bertz CT molecular complexity index is 462. The average molecular weight is 295 g/mol. The Morgan fingerprint density at radius 2 is 2.00 bits per heavy atom. The molecule has 1 saturated heterocycles. The van der Waals surface area contributed by atoms with Gasteiger partial charge in [-0.25, -0.2) is 4.79 Å². The van der Waals surface area contributed by atoms with E-state index in [-0.39, 0.29) is 19.8 Å². The Kier molecular flexibility index (Phi) is 5.17. The molecule has 0 spiro atoms. The minimum atomic E-state index is -0.837. The summed E-state index contributed by atoms with van der Waals surface area (Å²) in [5.74, 6) is -0.772. The normalized spacial score (nSPS) is 24.9. The number of alkyl carbamates (subject to hydrolysis) is 1. The van der Waals surface area contributed by atoms with Crippen LogP contribution < -0.4 is 5.32 Å². The van der Waals surface area contributed by atoms with Crippen molar-refractivity contribution in [1.29, 1.82) is 0 Å². The molecule has 6 heteroatoms. The van der Waals surface area contributed by atoms with Crippen molar-refractivity contribution in [3.8, 4) is 0 Å². The van der Waals surface area contributed by atoms with E-state index in [0.29, 0.717) is 0 Å². The third-order valence-corrected chi connectivity index (χ3v) is 3.19. The lowest BCUT2D eigenvalue weighted by molar-refractivity contribution is -0.203. The molecule has 1 amide bonds. The maximum absolute atomic E-state index is 11.8. The van der Waals surface area contributed by atoms with Gasteiger partial charge in [-0.05, 0) is 19.4 Å². The van der Waals surface area contributed by atoms with Crippen LogP contribution in [-0.2, 0) is 20.8 Å². The van der Waals surface area contributed by atoms with Crippen molar-refractivity contribution < 1.29 is 24.1 Å². The molecule has 0 bridgehead atoms. The van der Waals surface area contributed by atoms with Crippen molar-refractivity contribution in [3.05, 3.63) is 35.9 Å². The zero-order valence-corrected chi connectivity index (χ0v) is 12.2. The molecule has 1 heterocycles. The maximum Gasteiger partial charge on any atom is 0.407 e. The summed E-state index contributed by atoms with van der Waals surface area (Å²) in [5.41, 5.74) is 0.898. The third-order valence-electron chi connectivity index (χ3n) is 3.19. The number of aliphatic hydroxyl groups is 1. The average Bonchev–Trinajstić information content (AvgIpc) is 2.59. The number of rotatable bonds is 3. The number of hydrogen-bond donors (Lipinski definition) is 2. The molecule has 0 unspecified atom stereocenters. The molecule has 116 valence electrons. The molecule has 1 aromatic rings. The zero-order chi connectivity index (χ0) is 15.3. The van der Waals surface area contributed by atoms with Gasteiger partial charge in [-0.15, -0.1) is 0 Å². The van der Waals surface area contributed by atoms with E-state index in [1.54, 1.807) is 13.8 Å². The standard InChI is InChI=1S/C15H21NO5/c1-15(2)20-9-12(13(17)10-21-15)16-14(18)19-8-11-6-4-3-5-7-11/h3-7,12-13,17H,8-10H2,1-2H3,(H,16,18)/t12-,13-/m1/s1. The summed E-state index contributed by atoms with van der Waals surface area (Å²) in [7, 11) is 0. The fourth-order valence-electron chi connectivity index (χ4n) is 1.90. The SMILES string of the molecule is CC1(C)OC[C@@H](O)[C@H](NC(=O)OCc2ccccc2)CO1. The van der Waals surface area contributed by atoms with Crippen LogP contribution in [0.15, 0.2) is 30.3 Å². The van der Waals surface area contributed by atoms with Gasteiger partial charge in [-0.3, -0.25) is 0 Å². The first-order valence-electron chi connectivity index (χ1n) is 6.89. The van der Waals surface area contributed by atoms with E-state index in [4.69, 9.17) is 14.2 Å². The summed E-state index contributed by atoms with van der Waals surface area (Å²) in [6.45, 7) is 3.95. The molecular weight excluding hydrogens is 274 g/mol. The first kappa shape index (κ1) is 15.8. The van der Waals surface area contributed by atoms with E-state index in [0.717, 1.165) is 5.56 Å². The smallest absolute Gasteiger partial charge is 0.407 e. The molecule has 21 heavy (non-hydrogen) atoms. The van der Waals surface area contributed by atoms with Gasteiger partial charge in [0.15, 0.2) is 5.79 Å². The molecule has 2 N–H and O–H groups in total. The zero-order valence-electron chi connectivity index (χ0n) is 12.2. The van der Waals surface area contributed by atoms with Crippen LogP contribution in [0, 0.1) is 0 Å². The second-order valence-electron chi connectivity index (χ2n) is 5.40. The molecule has 0 saturated carbocycles. The molecule has 1 aromatic carbocycles. The number of carbonyl (C=O) groups excluding carboxylic acids is 1. The van der Waals surface area contributed by atoms with Crippen LogP contribution in [0.5, 0.6) is 0 Å². The minimum absolute atomic E-state index is 0.0939. The molecule has 2 rings (SSSR count). The van der Waals surface area contributed by atoms with E-state index in [1.165, 1.54) is 0 Å². The summed E-state index contributed by atoms with van der Waals surface area (Å²) < 4.78 is 16.0. The van der Waals surface area contributed by atoms with Gasteiger partial charge < -0.3 is 24.6 Å². The van der Waals surface area contributed by atoms with E-state index in [9.17, 15) is 9.90 Å². The number of aliphatic hydroxyl groups excluding tert-OH is 1. The highest BCUT2D eigenvalue weighted by atomic mass is 16.7. The fourth-order valence-corrected chi connectivity index (χ4v) is 1.90. The highest BCUT2D eigenvalue weighted by Crippen LogP contribution is 2.17. The molecule has 0 aromatic heterocycles. The van der Waals surface area contributed by atoms with Gasteiger partial charge in [0.05, 0.1) is 25.4 Å². The van der Waals surface area contributed by atoms with Crippen molar-refractivity contribution in [2.24, 2.45) is 0 Å². The van der Waals surface area contributed by atoms with Crippen LogP contribution in [0.25, 0.3) is 0 Å². The van der Waals surface area contributed by atoms with Crippen molar-refractivity contribution in [2.45, 2.75) is 38.4 Å². The summed E-state index contributed by atoms with van der Waals surface area (Å²) in [6, 6.07) is 8.82. The van der Waals surface area contributed by atoms with Crippen LogP contribution in [0.4, 0.5) is 4.79 Å². The fraction of sp³-hybridized carbons (Fsp3) is 0.533. The van der Waals surface area contributed by atoms with Gasteiger partial charge >= 0.3 is 6.09 Å². The van der Waals surface area contributed by atoms with Crippen molar-refractivity contribution >= 4 is 6.09 Å². The van der Waals surface area contributed by atoms with Gasteiger partial charge in [-0.1, -0.05) is 30.3 Å². The number of nitrogens with one attached hydrogen (secondary N) is 1. The van der Waals surface area contributed by atoms with Gasteiger partial charge in [0.2, 0.25) is 0 Å². The monoisotopic (exact) mass is 295 g/mol. The van der Waals surface area contributed by atoms with Crippen LogP contribution in [0.1, 0.15) is 19.4 Å². The van der Waals surface area contributed by atoms with Gasteiger partial charge in [0, 0.05) is 0 Å². The molecule has 6 nitrogen and oxygen atoms in total.